The Bertz CT molecular complexity index is 91.4. The van der Waals surface area contributed by atoms with E-state index >= 15 is 0 Å². The molecule has 0 aliphatic heterocycles. The smallest absolute Gasteiger partial charge is 0.288 e. The first-order valence-electron chi connectivity index (χ1n) is 2.85. The molecule has 0 radical (unpaired) electrons. The third-order valence-electron chi connectivity index (χ3n) is 1.01. The second-order valence-corrected chi connectivity index (χ2v) is 3.88. The molecule has 1 atom stereocenters. The van der Waals surface area contributed by atoms with Gasteiger partial charge in [0.05, 0.1) is 4.83 Å². The van der Waals surface area contributed by atoms with Crippen molar-refractivity contribution in [3.05, 3.63) is 0 Å². The van der Waals surface area contributed by atoms with E-state index in [0.29, 0.717) is 6.42 Å². The minimum atomic E-state index is -2.60. The highest BCUT2D eigenvalue weighted by atomic mass is 79.9. The summed E-state index contributed by atoms with van der Waals surface area (Å²) < 4.78 is 0. The van der Waals surface area contributed by atoms with Gasteiger partial charge >= 0.3 is 0 Å². The van der Waals surface area contributed by atoms with Gasteiger partial charge in [0.15, 0.2) is 0 Å². The van der Waals surface area contributed by atoms with Crippen LogP contribution in [0, 0.1) is 0 Å². The molecule has 0 bridgehead atoms. The fourth-order valence-electron chi connectivity index (χ4n) is 0.450. The maximum atomic E-state index is 8.56. The number of rotatable bonds is 4. The molecule has 0 aromatic carbocycles. The second kappa shape index (κ2) is 4.66. The zero-order valence-corrected chi connectivity index (χ0v) is 8.47. The van der Waals surface area contributed by atoms with Crippen LogP contribution in [-0.2, 0) is 0 Å². The minimum absolute atomic E-state index is 0.509. The molecule has 3 nitrogen and oxygen atoms in total. The monoisotopic (exact) mass is 276 g/mol. The van der Waals surface area contributed by atoms with E-state index in [1.165, 1.54) is 0 Å². The second-order valence-electron chi connectivity index (χ2n) is 1.99. The molecule has 0 heterocycles. The van der Waals surface area contributed by atoms with Crippen LogP contribution in [0.1, 0.15) is 12.8 Å². The Hall–Kier alpha value is 0.840. The Kier molecular flexibility index (Phi) is 5.06. The lowest BCUT2D eigenvalue weighted by Crippen LogP contribution is -2.37. The Balaban J connectivity index is 3.52. The lowest BCUT2D eigenvalue weighted by atomic mass is 10.2. The van der Waals surface area contributed by atoms with Crippen LogP contribution in [0.25, 0.3) is 0 Å². The van der Waals surface area contributed by atoms with E-state index in [0.717, 1.165) is 11.8 Å². The molecule has 0 saturated carbocycles. The van der Waals surface area contributed by atoms with Crippen molar-refractivity contribution in [1.82, 2.24) is 0 Å². The molecule has 0 rings (SSSR count). The molecule has 1 unspecified atom stereocenters. The molecule has 0 saturated heterocycles. The van der Waals surface area contributed by atoms with E-state index < -0.39 is 10.8 Å². The molecule has 0 aromatic heterocycles. The van der Waals surface area contributed by atoms with Crippen LogP contribution in [0.15, 0.2) is 0 Å². The van der Waals surface area contributed by atoms with Crippen molar-refractivity contribution in [2.45, 2.75) is 23.6 Å². The molecule has 62 valence electrons. The van der Waals surface area contributed by atoms with Gasteiger partial charge in [-0.25, -0.2) is 0 Å². The van der Waals surface area contributed by atoms with Gasteiger partial charge in [-0.3, -0.25) is 0 Å². The molecule has 0 aromatic rings. The van der Waals surface area contributed by atoms with Gasteiger partial charge in [0, 0.05) is 5.33 Å². The highest BCUT2D eigenvalue weighted by Gasteiger charge is 2.28. The van der Waals surface area contributed by atoms with E-state index in [9.17, 15) is 0 Å². The zero-order valence-electron chi connectivity index (χ0n) is 5.30. The van der Waals surface area contributed by atoms with Gasteiger partial charge in [0.2, 0.25) is 0 Å². The van der Waals surface area contributed by atoms with Crippen molar-refractivity contribution >= 4 is 31.9 Å². The average molecular weight is 278 g/mol. The van der Waals surface area contributed by atoms with Crippen molar-refractivity contribution < 1.29 is 15.3 Å². The summed E-state index contributed by atoms with van der Waals surface area (Å²) in [7, 11) is 0. The number of aliphatic hydroxyl groups is 3. The molecule has 0 aliphatic rings. The predicted molar refractivity (Wildman–Crippen MR) is 45.1 cm³/mol. The van der Waals surface area contributed by atoms with E-state index in [4.69, 9.17) is 15.3 Å². The molecular weight excluding hydrogens is 268 g/mol. The van der Waals surface area contributed by atoms with Crippen molar-refractivity contribution in [3.63, 3.8) is 0 Å². The molecule has 3 N–H and O–H groups in total. The fraction of sp³-hybridized carbons (Fsp3) is 1.00. The molecule has 10 heavy (non-hydrogen) atoms. The van der Waals surface area contributed by atoms with Crippen LogP contribution >= 0.6 is 31.9 Å². The van der Waals surface area contributed by atoms with Gasteiger partial charge in [-0.1, -0.05) is 31.9 Å². The molecule has 5 heteroatoms. The molecule has 0 amide bonds. The van der Waals surface area contributed by atoms with Crippen LogP contribution in [0.4, 0.5) is 0 Å². The highest BCUT2D eigenvalue weighted by Crippen LogP contribution is 2.18. The Morgan fingerprint density at radius 3 is 2.10 bits per heavy atom. The van der Waals surface area contributed by atoms with E-state index in [-0.39, 0.29) is 0 Å². The predicted octanol–water partition coefficient (Wildman–Crippen LogP) is 0.556. The lowest BCUT2D eigenvalue weighted by Gasteiger charge is -2.19. The normalized spacial score (nSPS) is 15.3. The highest BCUT2D eigenvalue weighted by molar-refractivity contribution is 9.09. The molecule has 0 fully saturated rings. The summed E-state index contributed by atoms with van der Waals surface area (Å²) in [6.07, 6.45) is 1.29. The first kappa shape index (κ1) is 10.8. The summed E-state index contributed by atoms with van der Waals surface area (Å²) in [5.41, 5.74) is 0. The standard InChI is InChI=1S/C5H10Br2O3/c6-3-1-2-4(7)5(8,9)10/h4,8-10H,1-3H2. The summed E-state index contributed by atoms with van der Waals surface area (Å²) in [6, 6.07) is 0. The number of alkyl halides is 2. The average Bonchev–Trinajstić information content (AvgIpc) is 1.80. The summed E-state index contributed by atoms with van der Waals surface area (Å²) >= 11 is 6.11. The van der Waals surface area contributed by atoms with Gasteiger partial charge in [-0.05, 0) is 12.8 Å². The Morgan fingerprint density at radius 2 is 1.80 bits per heavy atom. The van der Waals surface area contributed by atoms with Crippen molar-refractivity contribution in [1.29, 1.82) is 0 Å². The maximum absolute atomic E-state index is 8.56. The lowest BCUT2D eigenvalue weighted by molar-refractivity contribution is -0.309. The van der Waals surface area contributed by atoms with Gasteiger partial charge in [0.1, 0.15) is 0 Å². The van der Waals surface area contributed by atoms with Gasteiger partial charge in [0.25, 0.3) is 5.97 Å². The van der Waals surface area contributed by atoms with Gasteiger partial charge < -0.3 is 15.3 Å². The van der Waals surface area contributed by atoms with Crippen molar-refractivity contribution in [2.75, 3.05) is 5.33 Å². The molecular formula is C5H10Br2O3. The van der Waals surface area contributed by atoms with Crippen LogP contribution in [0.2, 0.25) is 0 Å². The van der Waals surface area contributed by atoms with Gasteiger partial charge in [-0.2, -0.15) is 0 Å². The van der Waals surface area contributed by atoms with Crippen LogP contribution in [-0.4, -0.2) is 31.5 Å². The minimum Gasteiger partial charge on any atom is -0.343 e. The number of halogens is 2. The van der Waals surface area contributed by atoms with Crippen molar-refractivity contribution in [2.24, 2.45) is 0 Å². The third-order valence-corrected chi connectivity index (χ3v) is 2.64. The Labute approximate surface area is 76.3 Å². The fourth-order valence-corrected chi connectivity index (χ4v) is 1.10. The Morgan fingerprint density at radius 1 is 1.30 bits per heavy atom. The van der Waals surface area contributed by atoms with Crippen LogP contribution < -0.4 is 0 Å². The first-order chi connectivity index (χ1) is 4.48. The summed E-state index contributed by atoms with van der Waals surface area (Å²) in [5, 5.41) is 26.5. The quantitative estimate of drug-likeness (QED) is 0.520. The zero-order chi connectivity index (χ0) is 8.20. The van der Waals surface area contributed by atoms with E-state index in [1.54, 1.807) is 0 Å². The summed E-state index contributed by atoms with van der Waals surface area (Å²) in [6.45, 7) is 0. The molecule has 0 spiro atoms. The topological polar surface area (TPSA) is 60.7 Å². The SMILES string of the molecule is OC(O)(O)C(Br)CCCBr. The maximum Gasteiger partial charge on any atom is 0.288 e. The summed E-state index contributed by atoms with van der Waals surface area (Å²) in [4.78, 5) is -0.683. The van der Waals surface area contributed by atoms with Crippen LogP contribution in [0.5, 0.6) is 0 Å². The number of hydrogen-bond donors (Lipinski definition) is 3. The third kappa shape index (κ3) is 4.62. The molecule has 0 aliphatic carbocycles. The van der Waals surface area contributed by atoms with E-state index in [1.807, 2.05) is 0 Å². The van der Waals surface area contributed by atoms with E-state index in [2.05, 4.69) is 31.9 Å². The first-order valence-corrected chi connectivity index (χ1v) is 4.89. The van der Waals surface area contributed by atoms with Gasteiger partial charge in [-0.15, -0.1) is 0 Å². The van der Waals surface area contributed by atoms with Crippen molar-refractivity contribution in [3.8, 4) is 0 Å². The largest absolute Gasteiger partial charge is 0.343 e. The van der Waals surface area contributed by atoms with Crippen LogP contribution in [0.3, 0.4) is 0 Å². The summed E-state index contributed by atoms with van der Waals surface area (Å²) in [5.74, 6) is -2.60. The number of hydrogen-bond acceptors (Lipinski definition) is 3.